The van der Waals surface area contributed by atoms with Crippen molar-refractivity contribution in [2.24, 2.45) is 11.1 Å². The molecule has 0 radical (unpaired) electrons. The number of hydrogen-bond acceptors (Lipinski definition) is 3. The molecule has 1 atom stereocenters. The van der Waals surface area contributed by atoms with Gasteiger partial charge in [0.2, 0.25) is 0 Å². The zero-order chi connectivity index (χ0) is 12.5. The molecule has 94 valence electrons. The zero-order valence-electron chi connectivity index (χ0n) is 10.8. The van der Waals surface area contributed by atoms with Crippen LogP contribution in [0.5, 0.6) is 11.5 Å². The molecule has 3 heteroatoms. The number of benzene rings is 1. The molecule has 0 saturated heterocycles. The van der Waals surface area contributed by atoms with E-state index >= 15 is 0 Å². The van der Waals surface area contributed by atoms with Crippen LogP contribution in [0.2, 0.25) is 0 Å². The number of nitrogens with two attached hydrogens (primary N) is 1. The van der Waals surface area contributed by atoms with Crippen molar-refractivity contribution >= 4 is 0 Å². The van der Waals surface area contributed by atoms with Crippen LogP contribution >= 0.6 is 0 Å². The van der Waals surface area contributed by atoms with Crippen molar-refractivity contribution in [3.05, 3.63) is 23.8 Å². The highest BCUT2D eigenvalue weighted by molar-refractivity contribution is 5.44. The largest absolute Gasteiger partial charge is 0.486 e. The lowest BCUT2D eigenvalue weighted by Gasteiger charge is -2.27. The van der Waals surface area contributed by atoms with Crippen molar-refractivity contribution in [1.82, 2.24) is 0 Å². The second kappa shape index (κ2) is 4.57. The van der Waals surface area contributed by atoms with Crippen molar-refractivity contribution in [3.8, 4) is 11.5 Å². The fraction of sp³-hybridized carbons (Fsp3) is 0.571. The quantitative estimate of drug-likeness (QED) is 0.856. The van der Waals surface area contributed by atoms with Gasteiger partial charge < -0.3 is 15.2 Å². The van der Waals surface area contributed by atoms with E-state index in [-0.39, 0.29) is 11.5 Å². The number of ether oxygens (including phenoxy) is 2. The van der Waals surface area contributed by atoms with Crippen LogP contribution in [0.3, 0.4) is 0 Å². The Bertz CT molecular complexity index is 396. The van der Waals surface area contributed by atoms with Gasteiger partial charge >= 0.3 is 0 Å². The lowest BCUT2D eigenvalue weighted by Crippen LogP contribution is -2.36. The Morgan fingerprint density at radius 1 is 1.18 bits per heavy atom. The zero-order valence-corrected chi connectivity index (χ0v) is 10.8. The summed E-state index contributed by atoms with van der Waals surface area (Å²) in [7, 11) is 0. The van der Waals surface area contributed by atoms with E-state index in [1.165, 1.54) is 5.56 Å². The van der Waals surface area contributed by atoms with E-state index < -0.39 is 0 Å². The molecule has 1 aromatic rings. The maximum absolute atomic E-state index is 6.19. The van der Waals surface area contributed by atoms with Gasteiger partial charge in [0.25, 0.3) is 0 Å². The van der Waals surface area contributed by atoms with Crippen molar-refractivity contribution < 1.29 is 9.47 Å². The van der Waals surface area contributed by atoms with E-state index in [0.29, 0.717) is 13.2 Å². The highest BCUT2D eigenvalue weighted by Gasteiger charge is 2.21. The first-order valence-corrected chi connectivity index (χ1v) is 6.11. The van der Waals surface area contributed by atoms with E-state index in [9.17, 15) is 0 Å². The predicted octanol–water partition coefficient (Wildman–Crippen LogP) is 2.37. The van der Waals surface area contributed by atoms with Crippen molar-refractivity contribution in [2.45, 2.75) is 33.2 Å². The lowest BCUT2D eigenvalue weighted by molar-refractivity contribution is 0.171. The molecule has 1 aromatic carbocycles. The standard InChI is InChI=1S/C14H21NO2/c1-14(2,3)13(15)9-10-4-5-11-12(8-10)17-7-6-16-11/h4-5,8,13H,6-7,9,15H2,1-3H3. The molecule has 1 aliphatic heterocycles. The first kappa shape index (κ1) is 12.2. The van der Waals surface area contributed by atoms with Gasteiger partial charge in [0.05, 0.1) is 0 Å². The van der Waals surface area contributed by atoms with Crippen LogP contribution in [0.25, 0.3) is 0 Å². The van der Waals surface area contributed by atoms with Crippen LogP contribution in [-0.2, 0) is 6.42 Å². The molecule has 0 spiro atoms. The SMILES string of the molecule is CC(C)(C)C(N)Cc1ccc2c(c1)OCCO2. The molecule has 1 aliphatic rings. The van der Waals surface area contributed by atoms with Crippen LogP contribution in [0.4, 0.5) is 0 Å². The Morgan fingerprint density at radius 2 is 1.82 bits per heavy atom. The van der Waals surface area contributed by atoms with Gasteiger partial charge in [0, 0.05) is 6.04 Å². The van der Waals surface area contributed by atoms with Gasteiger partial charge in [-0.05, 0) is 29.5 Å². The Kier molecular flexibility index (Phi) is 3.29. The minimum Gasteiger partial charge on any atom is -0.486 e. The number of hydrogen-bond donors (Lipinski definition) is 1. The third-order valence-corrected chi connectivity index (χ3v) is 3.17. The average Bonchev–Trinajstić information content (AvgIpc) is 2.27. The smallest absolute Gasteiger partial charge is 0.161 e. The molecular formula is C14H21NO2. The molecule has 0 amide bonds. The molecule has 2 rings (SSSR count). The van der Waals surface area contributed by atoms with Crippen LogP contribution in [0, 0.1) is 5.41 Å². The number of rotatable bonds is 2. The summed E-state index contributed by atoms with van der Waals surface area (Å²) in [5.41, 5.74) is 7.51. The maximum atomic E-state index is 6.19. The van der Waals surface area contributed by atoms with Gasteiger partial charge in [-0.2, -0.15) is 0 Å². The van der Waals surface area contributed by atoms with Gasteiger partial charge in [-0.1, -0.05) is 26.8 Å². The Hall–Kier alpha value is -1.22. The fourth-order valence-electron chi connectivity index (χ4n) is 1.77. The molecule has 1 heterocycles. The molecule has 2 N–H and O–H groups in total. The van der Waals surface area contributed by atoms with E-state index in [1.807, 2.05) is 12.1 Å². The van der Waals surface area contributed by atoms with E-state index in [1.54, 1.807) is 0 Å². The molecule has 0 fully saturated rings. The Balaban J connectivity index is 2.12. The van der Waals surface area contributed by atoms with Crippen LogP contribution < -0.4 is 15.2 Å². The van der Waals surface area contributed by atoms with Gasteiger partial charge in [0.15, 0.2) is 11.5 Å². The summed E-state index contributed by atoms with van der Waals surface area (Å²) in [6, 6.07) is 6.23. The molecular weight excluding hydrogens is 214 g/mol. The summed E-state index contributed by atoms with van der Waals surface area (Å²) in [5, 5.41) is 0. The first-order chi connectivity index (χ1) is 7.97. The summed E-state index contributed by atoms with van der Waals surface area (Å²) in [5.74, 6) is 1.68. The minimum atomic E-state index is 0.118. The summed E-state index contributed by atoms with van der Waals surface area (Å²) < 4.78 is 11.1. The molecule has 17 heavy (non-hydrogen) atoms. The maximum Gasteiger partial charge on any atom is 0.161 e. The summed E-state index contributed by atoms with van der Waals surface area (Å²) in [4.78, 5) is 0. The summed E-state index contributed by atoms with van der Waals surface area (Å²) in [6.07, 6.45) is 0.861. The Labute approximate surface area is 103 Å². The topological polar surface area (TPSA) is 44.5 Å². The van der Waals surface area contributed by atoms with Gasteiger partial charge in [-0.15, -0.1) is 0 Å². The third kappa shape index (κ3) is 2.91. The van der Waals surface area contributed by atoms with Crippen LogP contribution in [0.1, 0.15) is 26.3 Å². The molecule has 0 aliphatic carbocycles. The second-order valence-corrected chi connectivity index (χ2v) is 5.65. The Morgan fingerprint density at radius 3 is 2.47 bits per heavy atom. The average molecular weight is 235 g/mol. The first-order valence-electron chi connectivity index (χ1n) is 6.11. The van der Waals surface area contributed by atoms with E-state index in [4.69, 9.17) is 15.2 Å². The summed E-state index contributed by atoms with van der Waals surface area (Å²) in [6.45, 7) is 7.75. The third-order valence-electron chi connectivity index (χ3n) is 3.17. The molecule has 0 aromatic heterocycles. The molecule has 0 bridgehead atoms. The lowest BCUT2D eigenvalue weighted by atomic mass is 9.84. The molecule has 0 saturated carbocycles. The van der Waals surface area contributed by atoms with Crippen LogP contribution in [-0.4, -0.2) is 19.3 Å². The second-order valence-electron chi connectivity index (χ2n) is 5.65. The van der Waals surface area contributed by atoms with Crippen molar-refractivity contribution in [2.75, 3.05) is 13.2 Å². The fourth-order valence-corrected chi connectivity index (χ4v) is 1.77. The minimum absolute atomic E-state index is 0.118. The number of fused-ring (bicyclic) bond motifs is 1. The normalized spacial score (nSPS) is 16.7. The summed E-state index contributed by atoms with van der Waals surface area (Å²) >= 11 is 0. The van der Waals surface area contributed by atoms with Crippen molar-refractivity contribution in [1.29, 1.82) is 0 Å². The van der Waals surface area contributed by atoms with Gasteiger partial charge in [-0.25, -0.2) is 0 Å². The predicted molar refractivity (Wildman–Crippen MR) is 68.6 cm³/mol. The van der Waals surface area contributed by atoms with E-state index in [0.717, 1.165) is 17.9 Å². The van der Waals surface area contributed by atoms with Gasteiger partial charge in [0.1, 0.15) is 13.2 Å². The van der Waals surface area contributed by atoms with Crippen molar-refractivity contribution in [3.63, 3.8) is 0 Å². The highest BCUT2D eigenvalue weighted by atomic mass is 16.6. The molecule has 1 unspecified atom stereocenters. The molecule has 3 nitrogen and oxygen atoms in total. The van der Waals surface area contributed by atoms with Crippen LogP contribution in [0.15, 0.2) is 18.2 Å². The van der Waals surface area contributed by atoms with E-state index in [2.05, 4.69) is 26.8 Å². The van der Waals surface area contributed by atoms with Gasteiger partial charge in [-0.3, -0.25) is 0 Å². The highest BCUT2D eigenvalue weighted by Crippen LogP contribution is 2.32. The monoisotopic (exact) mass is 235 g/mol.